The zero-order valence-electron chi connectivity index (χ0n) is 10.5. The van der Waals surface area contributed by atoms with E-state index in [1.54, 1.807) is 6.20 Å². The van der Waals surface area contributed by atoms with Crippen LogP contribution in [0.4, 0.5) is 5.69 Å². The van der Waals surface area contributed by atoms with E-state index in [2.05, 4.69) is 58.0 Å². The van der Waals surface area contributed by atoms with Gasteiger partial charge in [-0.2, -0.15) is 5.10 Å². The molecule has 94 valence electrons. The lowest BCUT2D eigenvalue weighted by atomic mass is 10.0. The highest BCUT2D eigenvalue weighted by atomic mass is 15.1. The Bertz CT molecular complexity index is 630. The fraction of sp³-hybridized carbons (Fsp3) is 0.0625. The minimum atomic E-state index is 0.740. The van der Waals surface area contributed by atoms with Gasteiger partial charge in [-0.1, -0.05) is 48.5 Å². The molecule has 0 saturated heterocycles. The van der Waals surface area contributed by atoms with E-state index in [4.69, 9.17) is 0 Å². The largest absolute Gasteiger partial charge is 0.379 e. The highest BCUT2D eigenvalue weighted by Gasteiger charge is 2.03. The van der Waals surface area contributed by atoms with E-state index < -0.39 is 0 Å². The molecule has 0 unspecified atom stereocenters. The molecule has 0 fully saturated rings. The molecule has 2 aromatic carbocycles. The van der Waals surface area contributed by atoms with Crippen LogP contribution >= 0.6 is 0 Å². The van der Waals surface area contributed by atoms with Crippen LogP contribution in [0, 0.1) is 0 Å². The summed E-state index contributed by atoms with van der Waals surface area (Å²) in [5.74, 6) is 0. The maximum absolute atomic E-state index is 3.95. The van der Waals surface area contributed by atoms with Gasteiger partial charge in [0.15, 0.2) is 0 Å². The molecule has 2 N–H and O–H groups in total. The van der Waals surface area contributed by atoms with Crippen LogP contribution in [0.5, 0.6) is 0 Å². The summed E-state index contributed by atoms with van der Waals surface area (Å²) in [5.41, 5.74) is 4.63. The van der Waals surface area contributed by atoms with Gasteiger partial charge in [0, 0.05) is 17.4 Å². The number of aromatic amines is 1. The maximum atomic E-state index is 3.95. The predicted octanol–water partition coefficient (Wildman–Crippen LogP) is 3.69. The summed E-state index contributed by atoms with van der Waals surface area (Å²) in [5, 5.41) is 10.3. The molecule has 0 atom stereocenters. The molecule has 3 heteroatoms. The van der Waals surface area contributed by atoms with Crippen molar-refractivity contribution < 1.29 is 0 Å². The zero-order chi connectivity index (χ0) is 12.9. The van der Waals surface area contributed by atoms with E-state index in [0.29, 0.717) is 0 Å². The van der Waals surface area contributed by atoms with Crippen molar-refractivity contribution in [3.05, 3.63) is 72.6 Å². The second-order valence-corrected chi connectivity index (χ2v) is 4.35. The van der Waals surface area contributed by atoms with Crippen LogP contribution in [-0.4, -0.2) is 10.2 Å². The van der Waals surface area contributed by atoms with Crippen molar-refractivity contribution in [3.63, 3.8) is 0 Å². The van der Waals surface area contributed by atoms with Gasteiger partial charge < -0.3 is 5.32 Å². The summed E-state index contributed by atoms with van der Waals surface area (Å²) < 4.78 is 0. The molecule has 3 nitrogen and oxygen atoms in total. The van der Waals surface area contributed by atoms with Crippen molar-refractivity contribution in [1.29, 1.82) is 0 Å². The third kappa shape index (κ3) is 2.65. The van der Waals surface area contributed by atoms with E-state index >= 15 is 0 Å². The van der Waals surface area contributed by atoms with E-state index in [9.17, 15) is 0 Å². The van der Waals surface area contributed by atoms with Crippen LogP contribution in [0.15, 0.2) is 66.9 Å². The van der Waals surface area contributed by atoms with Crippen molar-refractivity contribution >= 4 is 5.69 Å². The molecule has 0 aliphatic rings. The molecule has 1 aromatic heterocycles. The van der Waals surface area contributed by atoms with Crippen LogP contribution in [-0.2, 0) is 6.54 Å². The smallest absolute Gasteiger partial charge is 0.0567 e. The van der Waals surface area contributed by atoms with Gasteiger partial charge >= 0.3 is 0 Å². The number of aromatic nitrogens is 2. The predicted molar refractivity (Wildman–Crippen MR) is 77.8 cm³/mol. The van der Waals surface area contributed by atoms with Gasteiger partial charge in [0.1, 0.15) is 0 Å². The quantitative estimate of drug-likeness (QED) is 0.740. The summed E-state index contributed by atoms with van der Waals surface area (Å²) in [4.78, 5) is 0. The number of H-pyrrole nitrogens is 1. The van der Waals surface area contributed by atoms with Crippen LogP contribution in [0.3, 0.4) is 0 Å². The standard InChI is InChI=1S/C16H15N3/c1-2-6-13(7-3-1)15-8-4-5-9-16(15)17-12-14-10-11-18-19-14/h1-11,17H,12H2,(H,18,19). The second-order valence-electron chi connectivity index (χ2n) is 4.35. The molecule has 0 aliphatic carbocycles. The fourth-order valence-corrected chi connectivity index (χ4v) is 2.08. The first-order chi connectivity index (χ1) is 9.43. The highest BCUT2D eigenvalue weighted by molar-refractivity contribution is 5.77. The Morgan fingerprint density at radius 2 is 1.68 bits per heavy atom. The molecule has 0 aliphatic heterocycles. The van der Waals surface area contributed by atoms with Gasteiger partial charge in [0.2, 0.25) is 0 Å². The van der Waals surface area contributed by atoms with Crippen molar-refractivity contribution in [1.82, 2.24) is 10.2 Å². The Morgan fingerprint density at radius 1 is 0.895 bits per heavy atom. The molecule has 3 aromatic rings. The van der Waals surface area contributed by atoms with Crippen LogP contribution in [0.2, 0.25) is 0 Å². The maximum Gasteiger partial charge on any atom is 0.0567 e. The normalized spacial score (nSPS) is 10.3. The first kappa shape index (κ1) is 11.5. The first-order valence-corrected chi connectivity index (χ1v) is 6.30. The lowest BCUT2D eigenvalue weighted by Gasteiger charge is -2.11. The molecule has 3 rings (SSSR count). The van der Waals surface area contributed by atoms with Crippen LogP contribution in [0.1, 0.15) is 5.69 Å². The van der Waals surface area contributed by atoms with Crippen LogP contribution < -0.4 is 5.32 Å². The summed E-state index contributed by atoms with van der Waals surface area (Å²) >= 11 is 0. The lowest BCUT2D eigenvalue weighted by Crippen LogP contribution is -2.01. The van der Waals surface area contributed by atoms with Gasteiger partial charge in [-0.25, -0.2) is 0 Å². The fourth-order valence-electron chi connectivity index (χ4n) is 2.08. The van der Waals surface area contributed by atoms with Crippen LogP contribution in [0.25, 0.3) is 11.1 Å². The number of nitrogens with one attached hydrogen (secondary N) is 2. The van der Waals surface area contributed by atoms with Gasteiger partial charge in [-0.05, 0) is 17.7 Å². The summed E-state index contributed by atoms with van der Waals surface area (Å²) in [6.45, 7) is 0.740. The third-order valence-corrected chi connectivity index (χ3v) is 3.04. The van der Waals surface area contributed by atoms with Crippen molar-refractivity contribution in [2.75, 3.05) is 5.32 Å². The molecule has 0 radical (unpaired) electrons. The SMILES string of the molecule is c1ccc(-c2ccccc2NCc2ccn[nH]2)cc1. The average Bonchev–Trinajstić information content (AvgIpc) is 3.00. The van der Waals surface area contributed by atoms with Crippen molar-refractivity contribution in [2.24, 2.45) is 0 Å². The highest BCUT2D eigenvalue weighted by Crippen LogP contribution is 2.27. The molecule has 0 bridgehead atoms. The Labute approximate surface area is 112 Å². The number of para-hydroxylation sites is 1. The van der Waals surface area contributed by atoms with E-state index in [-0.39, 0.29) is 0 Å². The van der Waals surface area contributed by atoms with Gasteiger partial charge in [-0.3, -0.25) is 5.10 Å². The Morgan fingerprint density at radius 3 is 2.47 bits per heavy atom. The monoisotopic (exact) mass is 249 g/mol. The molecular weight excluding hydrogens is 234 g/mol. The number of benzene rings is 2. The molecule has 1 heterocycles. The van der Waals surface area contributed by atoms with E-state index in [0.717, 1.165) is 17.9 Å². The number of anilines is 1. The number of hydrogen-bond acceptors (Lipinski definition) is 2. The van der Waals surface area contributed by atoms with Gasteiger partial charge in [0.25, 0.3) is 0 Å². The van der Waals surface area contributed by atoms with E-state index in [1.165, 1.54) is 11.1 Å². The average molecular weight is 249 g/mol. The first-order valence-electron chi connectivity index (χ1n) is 6.30. The number of rotatable bonds is 4. The molecule has 19 heavy (non-hydrogen) atoms. The Hall–Kier alpha value is -2.55. The van der Waals surface area contributed by atoms with Gasteiger partial charge in [0.05, 0.1) is 12.2 Å². The Balaban J connectivity index is 1.85. The minimum Gasteiger partial charge on any atom is -0.379 e. The number of hydrogen-bond donors (Lipinski definition) is 2. The molecule has 0 amide bonds. The number of nitrogens with zero attached hydrogens (tertiary/aromatic N) is 1. The minimum absolute atomic E-state index is 0.740. The second kappa shape index (κ2) is 5.40. The van der Waals surface area contributed by atoms with Crippen molar-refractivity contribution in [2.45, 2.75) is 6.54 Å². The van der Waals surface area contributed by atoms with Crippen molar-refractivity contribution in [3.8, 4) is 11.1 Å². The molecule has 0 saturated carbocycles. The van der Waals surface area contributed by atoms with E-state index in [1.807, 2.05) is 18.2 Å². The summed E-state index contributed by atoms with van der Waals surface area (Å²) in [6.07, 6.45) is 1.76. The summed E-state index contributed by atoms with van der Waals surface area (Å²) in [7, 11) is 0. The molecule has 0 spiro atoms. The zero-order valence-corrected chi connectivity index (χ0v) is 10.5. The Kier molecular flexibility index (Phi) is 3.28. The molecular formula is C16H15N3. The summed E-state index contributed by atoms with van der Waals surface area (Å²) in [6, 6.07) is 20.7. The third-order valence-electron chi connectivity index (χ3n) is 3.04. The topological polar surface area (TPSA) is 40.7 Å². The lowest BCUT2D eigenvalue weighted by molar-refractivity contribution is 0.982. The van der Waals surface area contributed by atoms with Gasteiger partial charge in [-0.15, -0.1) is 0 Å².